The van der Waals surface area contributed by atoms with Crippen molar-refractivity contribution in [2.75, 3.05) is 33.4 Å². The molecular weight excluding hydrogens is 340 g/mol. The number of hydrogen-bond acceptors (Lipinski definition) is 5. The van der Waals surface area contributed by atoms with Gasteiger partial charge < -0.3 is 20.1 Å². The molecule has 2 N–H and O–H groups in total. The van der Waals surface area contributed by atoms with Crippen molar-refractivity contribution in [2.45, 2.75) is 37.3 Å². The Labute approximate surface area is 161 Å². The molecule has 1 heterocycles. The van der Waals surface area contributed by atoms with Gasteiger partial charge in [0.15, 0.2) is 0 Å². The summed E-state index contributed by atoms with van der Waals surface area (Å²) in [5.41, 5.74) is 0.140. The number of Topliss-reactive ketones (excluding diaryl/α,β-unsaturated/α-hetero) is 1. The third-order valence-corrected chi connectivity index (χ3v) is 5.71. The normalized spacial score (nSPS) is 28.1. The molecule has 1 saturated heterocycles. The lowest BCUT2D eigenvalue weighted by Gasteiger charge is -2.47. The number of ketones is 1. The lowest BCUT2D eigenvalue weighted by molar-refractivity contribution is -0.124. The molecule has 146 valence electrons. The number of carbonyl (C=O) groups excluding carboxylic acids is 1. The van der Waals surface area contributed by atoms with Crippen LogP contribution in [0.4, 0.5) is 0 Å². The molecule has 0 radical (unpaired) electrons. The fourth-order valence-corrected chi connectivity index (χ4v) is 3.96. The number of likely N-dealkylation sites (N-methyl/N-ethyl adjacent to an activating group) is 1. The average molecular weight is 370 g/mol. The molecule has 5 heteroatoms. The molecule has 1 aromatic carbocycles. The van der Waals surface area contributed by atoms with Crippen molar-refractivity contribution >= 4 is 5.78 Å². The van der Waals surface area contributed by atoms with Crippen molar-refractivity contribution in [3.8, 4) is 0 Å². The lowest BCUT2D eigenvalue weighted by Crippen LogP contribution is -2.63. The second kappa shape index (κ2) is 8.38. The van der Waals surface area contributed by atoms with E-state index in [-0.39, 0.29) is 12.2 Å². The van der Waals surface area contributed by atoms with Gasteiger partial charge in [-0.3, -0.25) is 4.79 Å². The summed E-state index contributed by atoms with van der Waals surface area (Å²) in [4.78, 5) is 14.5. The van der Waals surface area contributed by atoms with Gasteiger partial charge >= 0.3 is 0 Å². The smallest absolute Gasteiger partial charge is 0.135 e. The molecule has 1 aromatic rings. The van der Waals surface area contributed by atoms with Gasteiger partial charge in [-0.15, -0.1) is 0 Å². The maximum atomic E-state index is 12.3. The molecule has 2 unspecified atom stereocenters. The van der Waals surface area contributed by atoms with Crippen LogP contribution in [0.25, 0.3) is 0 Å². The zero-order chi connectivity index (χ0) is 19.3. The van der Waals surface area contributed by atoms with Gasteiger partial charge in [0.25, 0.3) is 0 Å². The van der Waals surface area contributed by atoms with E-state index in [1.807, 2.05) is 44.3 Å². The number of hydrogen-bond donors (Lipinski definition) is 2. The fourth-order valence-electron chi connectivity index (χ4n) is 3.96. The zero-order valence-electron chi connectivity index (χ0n) is 16.3. The first-order chi connectivity index (χ1) is 13.0. The number of nitrogens with one attached hydrogen (secondary N) is 1. The van der Waals surface area contributed by atoms with E-state index in [1.54, 1.807) is 0 Å². The molecule has 0 amide bonds. The second-order valence-corrected chi connectivity index (χ2v) is 7.38. The highest BCUT2D eigenvalue weighted by molar-refractivity contribution is 5.80. The molecule has 1 aliphatic carbocycles. The van der Waals surface area contributed by atoms with Crippen molar-refractivity contribution in [1.82, 2.24) is 10.2 Å². The van der Waals surface area contributed by atoms with E-state index in [1.165, 1.54) is 0 Å². The average Bonchev–Trinajstić information content (AvgIpc) is 2.71. The van der Waals surface area contributed by atoms with Crippen LogP contribution in [0.2, 0.25) is 0 Å². The van der Waals surface area contributed by atoms with Crippen molar-refractivity contribution < 1.29 is 14.6 Å². The number of ether oxygens (including phenoxy) is 1. The van der Waals surface area contributed by atoms with Gasteiger partial charge in [0.1, 0.15) is 11.4 Å². The highest BCUT2D eigenvalue weighted by Gasteiger charge is 2.49. The van der Waals surface area contributed by atoms with Gasteiger partial charge in [-0.25, -0.2) is 0 Å². The Morgan fingerprint density at radius 2 is 1.96 bits per heavy atom. The van der Waals surface area contributed by atoms with Crippen LogP contribution < -0.4 is 5.32 Å². The number of aliphatic hydroxyl groups is 1. The van der Waals surface area contributed by atoms with Gasteiger partial charge in [0.2, 0.25) is 0 Å². The minimum Gasteiger partial charge on any atom is -0.383 e. The monoisotopic (exact) mass is 370 g/mol. The molecular formula is C22H30N2O3. The van der Waals surface area contributed by atoms with Gasteiger partial charge in [0, 0.05) is 31.6 Å². The molecule has 1 aliphatic heterocycles. The van der Waals surface area contributed by atoms with Crippen LogP contribution in [0, 0.1) is 0 Å². The summed E-state index contributed by atoms with van der Waals surface area (Å²) in [6.07, 6.45) is 6.98. The number of morpholine rings is 1. The zero-order valence-corrected chi connectivity index (χ0v) is 16.3. The summed E-state index contributed by atoms with van der Waals surface area (Å²) in [6.45, 7) is 4.90. The van der Waals surface area contributed by atoms with Crippen LogP contribution in [0.5, 0.6) is 0 Å². The lowest BCUT2D eigenvalue weighted by atomic mass is 9.69. The Balaban J connectivity index is 1.99. The van der Waals surface area contributed by atoms with E-state index in [4.69, 9.17) is 4.74 Å². The van der Waals surface area contributed by atoms with Crippen LogP contribution in [0.15, 0.2) is 54.3 Å². The Hall–Kier alpha value is -1.95. The first-order valence-electron chi connectivity index (χ1n) is 9.73. The van der Waals surface area contributed by atoms with Crippen LogP contribution in [-0.4, -0.2) is 60.3 Å². The SMILES string of the molecule is CCC(=O)CC1(O)C=CC(N2CCOCC2)=CC1(Cc1ccccc1)NC. The minimum absolute atomic E-state index is 0.0538. The molecule has 5 nitrogen and oxygen atoms in total. The van der Waals surface area contributed by atoms with E-state index in [9.17, 15) is 9.90 Å². The van der Waals surface area contributed by atoms with Crippen LogP contribution in [-0.2, 0) is 16.0 Å². The molecule has 1 fully saturated rings. The Kier molecular flexibility index (Phi) is 6.15. The van der Waals surface area contributed by atoms with Gasteiger partial charge in [-0.05, 0) is 37.3 Å². The van der Waals surface area contributed by atoms with Crippen LogP contribution in [0.3, 0.4) is 0 Å². The fraction of sp³-hybridized carbons (Fsp3) is 0.500. The largest absolute Gasteiger partial charge is 0.383 e. The van der Waals surface area contributed by atoms with E-state index >= 15 is 0 Å². The number of rotatable bonds is 7. The summed E-state index contributed by atoms with van der Waals surface area (Å²) in [7, 11) is 1.86. The van der Waals surface area contributed by atoms with Crippen molar-refractivity contribution in [3.63, 3.8) is 0 Å². The molecule has 0 aromatic heterocycles. The highest BCUT2D eigenvalue weighted by atomic mass is 16.5. The first-order valence-corrected chi connectivity index (χ1v) is 9.73. The number of allylic oxidation sites excluding steroid dienone is 1. The predicted octanol–water partition coefficient (Wildman–Crippen LogP) is 2.07. The topological polar surface area (TPSA) is 61.8 Å². The number of benzene rings is 1. The van der Waals surface area contributed by atoms with E-state index in [0.29, 0.717) is 26.1 Å². The Morgan fingerprint density at radius 1 is 1.26 bits per heavy atom. The summed E-state index contributed by atoms with van der Waals surface area (Å²) >= 11 is 0. The summed E-state index contributed by atoms with van der Waals surface area (Å²) in [5, 5.41) is 15.0. The van der Waals surface area contributed by atoms with Crippen molar-refractivity contribution in [3.05, 3.63) is 59.8 Å². The molecule has 0 spiro atoms. The van der Waals surface area contributed by atoms with Crippen LogP contribution >= 0.6 is 0 Å². The van der Waals surface area contributed by atoms with Gasteiger partial charge in [-0.1, -0.05) is 37.3 Å². The molecule has 0 bridgehead atoms. The molecule has 27 heavy (non-hydrogen) atoms. The predicted molar refractivity (Wildman–Crippen MR) is 106 cm³/mol. The van der Waals surface area contributed by atoms with E-state index < -0.39 is 11.1 Å². The van der Waals surface area contributed by atoms with Gasteiger partial charge in [-0.2, -0.15) is 0 Å². The standard InChI is InChI=1S/C22H30N2O3/c1-3-20(25)17-22(26)10-9-19(24-11-13-27-14-12-24)16-21(22,23-2)15-18-7-5-4-6-8-18/h4-10,16,23,26H,3,11-15,17H2,1-2H3. The van der Waals surface area contributed by atoms with Crippen LogP contribution in [0.1, 0.15) is 25.3 Å². The van der Waals surface area contributed by atoms with Gasteiger partial charge in [0.05, 0.1) is 18.8 Å². The maximum absolute atomic E-state index is 12.3. The molecule has 2 atom stereocenters. The highest BCUT2D eigenvalue weighted by Crippen LogP contribution is 2.38. The Bertz CT molecular complexity index is 710. The van der Waals surface area contributed by atoms with Crippen molar-refractivity contribution in [1.29, 1.82) is 0 Å². The summed E-state index contributed by atoms with van der Waals surface area (Å²) < 4.78 is 5.47. The van der Waals surface area contributed by atoms with Crippen molar-refractivity contribution in [2.24, 2.45) is 0 Å². The maximum Gasteiger partial charge on any atom is 0.135 e. The Morgan fingerprint density at radius 3 is 2.59 bits per heavy atom. The second-order valence-electron chi connectivity index (χ2n) is 7.38. The number of nitrogens with zero attached hydrogens (tertiary/aromatic N) is 1. The quantitative estimate of drug-likeness (QED) is 0.769. The third kappa shape index (κ3) is 4.15. The molecule has 0 saturated carbocycles. The van der Waals surface area contributed by atoms with E-state index in [0.717, 1.165) is 24.4 Å². The number of carbonyl (C=O) groups is 1. The summed E-state index contributed by atoms with van der Waals surface area (Å²) in [5.74, 6) is 0.0538. The third-order valence-electron chi connectivity index (χ3n) is 5.71. The van der Waals surface area contributed by atoms with E-state index in [2.05, 4.69) is 28.4 Å². The summed E-state index contributed by atoms with van der Waals surface area (Å²) in [6, 6.07) is 10.1. The molecule has 3 rings (SSSR count). The first kappa shape index (κ1) is 19.8. The molecule has 2 aliphatic rings. The minimum atomic E-state index is -1.28.